The van der Waals surface area contributed by atoms with Crippen molar-refractivity contribution in [3.05, 3.63) is 66.1 Å². The van der Waals surface area contributed by atoms with Crippen LogP contribution in [0, 0.1) is 5.82 Å². The van der Waals surface area contributed by atoms with Crippen LogP contribution in [0.25, 0.3) is 10.9 Å². The summed E-state index contributed by atoms with van der Waals surface area (Å²) >= 11 is 0. The average molecular weight is 458 g/mol. The zero-order valence-electron chi connectivity index (χ0n) is 18.1. The molecule has 2 aromatic carbocycles. The minimum atomic E-state index is -3.52. The second kappa shape index (κ2) is 9.42. The summed E-state index contributed by atoms with van der Waals surface area (Å²) in [7, 11) is -3.52. The van der Waals surface area contributed by atoms with Crippen molar-refractivity contribution in [3.8, 4) is 0 Å². The Kier molecular flexibility index (Phi) is 6.62. The summed E-state index contributed by atoms with van der Waals surface area (Å²) in [5.74, 6) is -0.505. The Morgan fingerprint density at radius 1 is 1.09 bits per heavy atom. The van der Waals surface area contributed by atoms with Gasteiger partial charge in [0.05, 0.1) is 4.90 Å². The van der Waals surface area contributed by atoms with E-state index in [2.05, 4.69) is 5.32 Å². The Balaban J connectivity index is 1.54. The molecule has 0 bridgehead atoms. The number of nitrogens with one attached hydrogen (secondary N) is 1. The van der Waals surface area contributed by atoms with Gasteiger partial charge < -0.3 is 9.88 Å². The SMILES string of the molecule is CCC(C(=O)NCc1cccc(F)c1)n1ccc2cc(S(=O)(=O)N3CCCCC3)ccc21. The molecule has 32 heavy (non-hydrogen) atoms. The van der Waals surface area contributed by atoms with Gasteiger partial charge in [0.15, 0.2) is 0 Å². The molecular formula is C24H28FN3O3S. The second-order valence-electron chi connectivity index (χ2n) is 8.18. The van der Waals surface area contributed by atoms with Crippen LogP contribution in [0.4, 0.5) is 4.39 Å². The lowest BCUT2D eigenvalue weighted by atomic mass is 10.1. The third-order valence-corrected chi connectivity index (χ3v) is 7.92. The molecule has 0 aliphatic carbocycles. The molecule has 1 amide bonds. The van der Waals surface area contributed by atoms with Crippen molar-refractivity contribution in [2.45, 2.75) is 50.1 Å². The molecule has 1 N–H and O–H groups in total. The molecule has 4 rings (SSSR count). The number of rotatable bonds is 7. The van der Waals surface area contributed by atoms with Gasteiger partial charge in [-0.3, -0.25) is 4.79 Å². The van der Waals surface area contributed by atoms with Crippen LogP contribution < -0.4 is 5.32 Å². The molecular weight excluding hydrogens is 429 g/mol. The zero-order valence-corrected chi connectivity index (χ0v) is 18.9. The number of halogens is 1. The lowest BCUT2D eigenvalue weighted by molar-refractivity contribution is -0.124. The van der Waals surface area contributed by atoms with Crippen molar-refractivity contribution < 1.29 is 17.6 Å². The monoisotopic (exact) mass is 457 g/mol. The molecule has 1 aromatic heterocycles. The molecule has 170 valence electrons. The predicted molar refractivity (Wildman–Crippen MR) is 122 cm³/mol. The smallest absolute Gasteiger partial charge is 0.243 e. The maximum atomic E-state index is 13.4. The molecule has 6 nitrogen and oxygen atoms in total. The van der Waals surface area contributed by atoms with Gasteiger partial charge in [-0.05, 0) is 61.2 Å². The van der Waals surface area contributed by atoms with Crippen molar-refractivity contribution in [2.24, 2.45) is 0 Å². The number of carbonyl (C=O) groups is 1. The van der Waals surface area contributed by atoms with Crippen LogP contribution in [0.5, 0.6) is 0 Å². The molecule has 3 aromatic rings. The third kappa shape index (κ3) is 4.56. The number of fused-ring (bicyclic) bond motifs is 1. The fourth-order valence-corrected chi connectivity index (χ4v) is 5.84. The van der Waals surface area contributed by atoms with E-state index in [4.69, 9.17) is 0 Å². The number of benzene rings is 2. The number of nitrogens with zero attached hydrogens (tertiary/aromatic N) is 2. The number of carbonyl (C=O) groups excluding carboxylic acids is 1. The third-order valence-electron chi connectivity index (χ3n) is 6.03. The first-order valence-electron chi connectivity index (χ1n) is 11.0. The first-order valence-corrected chi connectivity index (χ1v) is 12.5. The van der Waals surface area contributed by atoms with Crippen LogP contribution >= 0.6 is 0 Å². The maximum Gasteiger partial charge on any atom is 0.243 e. The Bertz CT molecular complexity index is 1220. The van der Waals surface area contributed by atoms with Gasteiger partial charge in [0.25, 0.3) is 0 Å². The van der Waals surface area contributed by atoms with Crippen molar-refractivity contribution in [1.29, 1.82) is 0 Å². The van der Waals surface area contributed by atoms with Gasteiger partial charge >= 0.3 is 0 Å². The molecule has 2 heterocycles. The highest BCUT2D eigenvalue weighted by atomic mass is 32.2. The summed E-state index contributed by atoms with van der Waals surface area (Å²) < 4.78 is 42.8. The van der Waals surface area contributed by atoms with Crippen LogP contribution in [0.3, 0.4) is 0 Å². The minimum Gasteiger partial charge on any atom is -0.350 e. The van der Waals surface area contributed by atoms with E-state index in [0.717, 1.165) is 30.2 Å². The van der Waals surface area contributed by atoms with E-state index in [0.29, 0.717) is 25.1 Å². The standard InChI is InChI=1S/C24H28FN3O3S/c1-2-22(24(29)26-17-18-7-6-8-20(25)15-18)28-14-11-19-16-21(9-10-23(19)28)32(30,31)27-12-4-3-5-13-27/h6-11,14-16,22H,2-5,12-13,17H2,1H3,(H,26,29). The lowest BCUT2D eigenvalue weighted by Gasteiger charge is -2.26. The fraction of sp³-hybridized carbons (Fsp3) is 0.375. The Morgan fingerprint density at radius 3 is 2.59 bits per heavy atom. The van der Waals surface area contributed by atoms with Gasteiger partial charge in [0.1, 0.15) is 11.9 Å². The maximum absolute atomic E-state index is 13.4. The van der Waals surface area contributed by atoms with Crippen molar-refractivity contribution in [2.75, 3.05) is 13.1 Å². The van der Waals surface area contributed by atoms with Crippen molar-refractivity contribution >= 4 is 26.8 Å². The van der Waals surface area contributed by atoms with Crippen molar-refractivity contribution in [1.82, 2.24) is 14.2 Å². The quantitative estimate of drug-likeness (QED) is 0.577. The van der Waals surface area contributed by atoms with Crippen LogP contribution in [-0.2, 0) is 21.4 Å². The normalized spacial score (nSPS) is 16.2. The Morgan fingerprint density at radius 2 is 1.88 bits per heavy atom. The number of amides is 1. The zero-order chi connectivity index (χ0) is 22.7. The van der Waals surface area contributed by atoms with Crippen LogP contribution in [-0.4, -0.2) is 36.3 Å². The fourth-order valence-electron chi connectivity index (χ4n) is 4.29. The molecule has 8 heteroatoms. The molecule has 1 saturated heterocycles. The molecule has 0 radical (unpaired) electrons. The van der Waals surface area contributed by atoms with Gasteiger partial charge in [-0.2, -0.15) is 4.31 Å². The highest BCUT2D eigenvalue weighted by Gasteiger charge is 2.27. The first kappa shape index (κ1) is 22.5. The highest BCUT2D eigenvalue weighted by molar-refractivity contribution is 7.89. The number of hydrogen-bond donors (Lipinski definition) is 1. The molecule has 1 unspecified atom stereocenters. The first-order chi connectivity index (χ1) is 15.4. The summed E-state index contributed by atoms with van der Waals surface area (Å²) in [6, 6.07) is 12.6. The largest absolute Gasteiger partial charge is 0.350 e. The average Bonchev–Trinajstić information content (AvgIpc) is 3.22. The van der Waals surface area contributed by atoms with E-state index in [1.54, 1.807) is 34.6 Å². The topological polar surface area (TPSA) is 71.4 Å². The van der Waals surface area contributed by atoms with Crippen LogP contribution in [0.15, 0.2) is 59.6 Å². The van der Waals surface area contributed by atoms with Gasteiger partial charge in [0.2, 0.25) is 15.9 Å². The van der Waals surface area contributed by atoms with Crippen molar-refractivity contribution in [3.63, 3.8) is 0 Å². The molecule has 0 spiro atoms. The van der Waals surface area contributed by atoms with Gasteiger partial charge in [-0.25, -0.2) is 12.8 Å². The molecule has 1 aliphatic heterocycles. The number of sulfonamides is 1. The number of piperidine rings is 1. The van der Waals surface area contributed by atoms with E-state index in [1.165, 1.54) is 12.1 Å². The number of aromatic nitrogens is 1. The van der Waals surface area contributed by atoms with E-state index < -0.39 is 16.1 Å². The molecule has 1 aliphatic rings. The molecule has 1 atom stereocenters. The number of hydrogen-bond acceptors (Lipinski definition) is 3. The van der Waals surface area contributed by atoms with Gasteiger partial charge in [-0.15, -0.1) is 0 Å². The molecule has 0 saturated carbocycles. The summed E-state index contributed by atoms with van der Waals surface area (Å²) in [4.78, 5) is 13.2. The van der Waals surface area contributed by atoms with Crippen LogP contribution in [0.1, 0.15) is 44.2 Å². The second-order valence-corrected chi connectivity index (χ2v) is 10.1. The van der Waals surface area contributed by atoms with E-state index in [-0.39, 0.29) is 23.2 Å². The summed E-state index contributed by atoms with van der Waals surface area (Å²) in [5, 5.41) is 3.66. The van der Waals surface area contributed by atoms with Crippen LogP contribution in [0.2, 0.25) is 0 Å². The Labute approximate surface area is 188 Å². The van der Waals surface area contributed by atoms with Gasteiger partial charge in [0, 0.05) is 36.7 Å². The summed E-state index contributed by atoms with van der Waals surface area (Å²) in [5.41, 5.74) is 1.49. The Hall–Kier alpha value is -2.71. The van der Waals surface area contributed by atoms with E-state index in [1.807, 2.05) is 23.8 Å². The molecule has 1 fully saturated rings. The van der Waals surface area contributed by atoms with E-state index in [9.17, 15) is 17.6 Å². The predicted octanol–water partition coefficient (Wildman–Crippen LogP) is 4.22. The van der Waals surface area contributed by atoms with E-state index >= 15 is 0 Å². The lowest BCUT2D eigenvalue weighted by Crippen LogP contribution is -2.35. The minimum absolute atomic E-state index is 0.167. The highest BCUT2D eigenvalue weighted by Crippen LogP contribution is 2.27. The van der Waals surface area contributed by atoms with Gasteiger partial charge in [-0.1, -0.05) is 25.5 Å². The summed E-state index contributed by atoms with van der Waals surface area (Å²) in [6.45, 7) is 3.29. The summed E-state index contributed by atoms with van der Waals surface area (Å²) in [6.07, 6.45) is 5.22.